The van der Waals surface area contributed by atoms with Gasteiger partial charge < -0.3 is 14.8 Å². The first-order chi connectivity index (χ1) is 12.9. The number of anilines is 1. The number of hydrogen-bond acceptors (Lipinski definition) is 4. The van der Waals surface area contributed by atoms with Crippen LogP contribution >= 0.6 is 0 Å². The number of aryl methyl sites for hydroxylation is 1. The summed E-state index contributed by atoms with van der Waals surface area (Å²) < 4.78 is 0. The van der Waals surface area contributed by atoms with Crippen molar-refractivity contribution in [3.05, 3.63) is 57.3 Å². The number of aromatic amines is 1. The van der Waals surface area contributed by atoms with Crippen molar-refractivity contribution in [2.24, 2.45) is 0 Å². The number of aromatic nitrogens is 2. The fourth-order valence-electron chi connectivity index (χ4n) is 4.57. The van der Waals surface area contributed by atoms with Gasteiger partial charge in [0.25, 0.3) is 11.5 Å². The van der Waals surface area contributed by atoms with Crippen molar-refractivity contribution in [3.63, 3.8) is 0 Å². The summed E-state index contributed by atoms with van der Waals surface area (Å²) >= 11 is 0. The maximum Gasteiger partial charge on any atom is 0.254 e. The molecule has 27 heavy (non-hydrogen) atoms. The molecule has 1 saturated heterocycles. The van der Waals surface area contributed by atoms with Crippen molar-refractivity contribution in [2.45, 2.75) is 38.0 Å². The number of amides is 1. The summed E-state index contributed by atoms with van der Waals surface area (Å²) in [5.74, 6) is 0.718. The zero-order valence-corrected chi connectivity index (χ0v) is 16.2. The third-order valence-corrected chi connectivity index (χ3v) is 5.96. The first-order valence-corrected chi connectivity index (χ1v) is 9.57. The lowest BCUT2D eigenvalue weighted by Gasteiger charge is -2.40. The van der Waals surface area contributed by atoms with Crippen molar-refractivity contribution < 1.29 is 4.79 Å². The molecule has 4 rings (SSSR count). The lowest BCUT2D eigenvalue weighted by molar-refractivity contribution is 0.0633. The molecule has 1 aliphatic carbocycles. The van der Waals surface area contributed by atoms with Crippen molar-refractivity contribution in [1.29, 1.82) is 0 Å². The van der Waals surface area contributed by atoms with E-state index >= 15 is 0 Å². The van der Waals surface area contributed by atoms with Gasteiger partial charge in [0.1, 0.15) is 5.82 Å². The van der Waals surface area contributed by atoms with Crippen LogP contribution in [0.15, 0.2) is 29.1 Å². The van der Waals surface area contributed by atoms with Gasteiger partial charge in [-0.15, -0.1) is 0 Å². The van der Waals surface area contributed by atoms with Gasteiger partial charge in [0.05, 0.1) is 5.69 Å². The van der Waals surface area contributed by atoms with E-state index in [1.54, 1.807) is 0 Å². The Balaban J connectivity index is 1.64. The molecule has 1 aliphatic heterocycles. The number of carbonyl (C=O) groups excluding carboxylic acids is 1. The van der Waals surface area contributed by atoms with E-state index in [1.807, 2.05) is 55.1 Å². The molecule has 0 bridgehead atoms. The van der Waals surface area contributed by atoms with E-state index in [0.29, 0.717) is 17.9 Å². The summed E-state index contributed by atoms with van der Waals surface area (Å²) in [5, 5.41) is 0. The fourth-order valence-corrected chi connectivity index (χ4v) is 4.57. The summed E-state index contributed by atoms with van der Waals surface area (Å²) in [6.45, 7) is 3.22. The summed E-state index contributed by atoms with van der Waals surface area (Å²) in [5.41, 5.74) is 3.26. The molecule has 142 valence electrons. The van der Waals surface area contributed by atoms with Gasteiger partial charge in [-0.25, -0.2) is 4.98 Å². The Hall–Kier alpha value is -2.63. The van der Waals surface area contributed by atoms with Gasteiger partial charge in [-0.3, -0.25) is 9.59 Å². The minimum absolute atomic E-state index is 0.0171. The largest absolute Gasteiger partial charge is 0.378 e. The minimum atomic E-state index is -0.179. The maximum absolute atomic E-state index is 13.2. The van der Waals surface area contributed by atoms with Crippen LogP contribution in [-0.4, -0.2) is 48.0 Å². The van der Waals surface area contributed by atoms with Gasteiger partial charge in [-0.05, 0) is 50.8 Å². The van der Waals surface area contributed by atoms with Gasteiger partial charge in [0.15, 0.2) is 0 Å². The van der Waals surface area contributed by atoms with Gasteiger partial charge in [0.2, 0.25) is 0 Å². The van der Waals surface area contributed by atoms with E-state index in [2.05, 4.69) is 4.98 Å². The number of likely N-dealkylation sites (tertiary alicyclic amines) is 1. The Labute approximate surface area is 159 Å². The number of H-pyrrole nitrogens is 1. The molecule has 6 heteroatoms. The first-order valence-electron chi connectivity index (χ1n) is 9.57. The van der Waals surface area contributed by atoms with Crippen LogP contribution in [0.25, 0.3) is 0 Å². The van der Waals surface area contributed by atoms with Crippen molar-refractivity contribution >= 4 is 11.6 Å². The van der Waals surface area contributed by atoms with Crippen molar-refractivity contribution in [3.8, 4) is 0 Å². The molecular formula is C21H26N4O2. The second kappa shape index (κ2) is 6.51. The zero-order valence-electron chi connectivity index (χ0n) is 16.2. The third kappa shape index (κ3) is 3.03. The highest BCUT2D eigenvalue weighted by atomic mass is 16.2. The number of piperidine rings is 1. The molecule has 1 aromatic heterocycles. The zero-order chi connectivity index (χ0) is 19.2. The van der Waals surface area contributed by atoms with Crippen molar-refractivity contribution in [1.82, 2.24) is 14.9 Å². The van der Waals surface area contributed by atoms with E-state index in [9.17, 15) is 9.59 Å². The highest BCUT2D eigenvalue weighted by Gasteiger charge is 2.45. The summed E-state index contributed by atoms with van der Waals surface area (Å²) in [7, 11) is 3.95. The Morgan fingerprint density at radius 3 is 2.89 bits per heavy atom. The summed E-state index contributed by atoms with van der Waals surface area (Å²) in [6, 6.07) is 7.75. The highest BCUT2D eigenvalue weighted by molar-refractivity contribution is 5.95. The first kappa shape index (κ1) is 17.8. The number of carbonyl (C=O) groups is 1. The average molecular weight is 366 g/mol. The molecule has 0 saturated carbocycles. The molecule has 1 N–H and O–H groups in total. The molecule has 1 unspecified atom stereocenters. The van der Waals surface area contributed by atoms with Crippen LogP contribution in [0.2, 0.25) is 0 Å². The van der Waals surface area contributed by atoms with E-state index < -0.39 is 0 Å². The number of nitrogens with one attached hydrogen (secondary N) is 1. The predicted octanol–water partition coefficient (Wildman–Crippen LogP) is 2.26. The molecule has 6 nitrogen and oxygen atoms in total. The van der Waals surface area contributed by atoms with Crippen LogP contribution in [0.5, 0.6) is 0 Å². The topological polar surface area (TPSA) is 69.3 Å². The maximum atomic E-state index is 13.2. The van der Waals surface area contributed by atoms with Crippen molar-refractivity contribution in [2.75, 3.05) is 32.1 Å². The summed E-state index contributed by atoms with van der Waals surface area (Å²) in [6.07, 6.45) is 3.56. The van der Waals surface area contributed by atoms with Crippen LogP contribution < -0.4 is 10.5 Å². The molecule has 2 aromatic rings. The van der Waals surface area contributed by atoms with Crippen LogP contribution in [0, 0.1) is 6.92 Å². The lowest BCUT2D eigenvalue weighted by atomic mass is 9.77. The standard InChI is InChI=1S/C21H26N4O2/c1-14-22-18-17(19(26)23-14)8-10-21(18)9-5-11-25(13-21)20(27)15-6-4-7-16(12-15)24(2)3/h4,6-7,12H,5,8-11,13H2,1-3H3,(H,22,23,26). The average Bonchev–Trinajstić information content (AvgIpc) is 2.99. The van der Waals surface area contributed by atoms with Gasteiger partial charge in [-0.2, -0.15) is 0 Å². The van der Waals surface area contributed by atoms with Gasteiger partial charge in [0, 0.05) is 49.4 Å². The Morgan fingerprint density at radius 1 is 1.30 bits per heavy atom. The summed E-state index contributed by atoms with van der Waals surface area (Å²) in [4.78, 5) is 37.0. The molecule has 2 heterocycles. The second-order valence-electron chi connectivity index (χ2n) is 8.03. The Kier molecular flexibility index (Phi) is 4.29. The molecule has 1 atom stereocenters. The second-order valence-corrected chi connectivity index (χ2v) is 8.03. The van der Waals surface area contributed by atoms with E-state index in [0.717, 1.165) is 49.2 Å². The monoisotopic (exact) mass is 366 g/mol. The molecule has 1 amide bonds. The number of fused-ring (bicyclic) bond motifs is 2. The molecule has 1 aromatic carbocycles. The number of nitrogens with zero attached hydrogens (tertiary/aromatic N) is 3. The van der Waals surface area contributed by atoms with Crippen LogP contribution in [0.4, 0.5) is 5.69 Å². The third-order valence-electron chi connectivity index (χ3n) is 5.96. The number of rotatable bonds is 2. The van der Waals surface area contributed by atoms with Gasteiger partial charge in [-0.1, -0.05) is 6.07 Å². The van der Waals surface area contributed by atoms with E-state index in [-0.39, 0.29) is 16.9 Å². The molecular weight excluding hydrogens is 340 g/mol. The molecule has 1 spiro atoms. The Bertz CT molecular complexity index is 949. The predicted molar refractivity (Wildman–Crippen MR) is 106 cm³/mol. The molecule has 2 aliphatic rings. The van der Waals surface area contributed by atoms with E-state index in [1.165, 1.54) is 0 Å². The number of hydrogen-bond donors (Lipinski definition) is 1. The molecule has 0 radical (unpaired) electrons. The van der Waals surface area contributed by atoms with Crippen LogP contribution in [0.3, 0.4) is 0 Å². The SMILES string of the molecule is Cc1nc2c(c(=O)[nH]1)CCC21CCCN(C(=O)c2cccc(N(C)C)c2)C1. The van der Waals surface area contributed by atoms with Gasteiger partial charge >= 0.3 is 0 Å². The normalized spacial score (nSPS) is 21.4. The lowest BCUT2D eigenvalue weighted by Crippen LogP contribution is -2.48. The fraction of sp³-hybridized carbons (Fsp3) is 0.476. The number of benzene rings is 1. The quantitative estimate of drug-likeness (QED) is 0.885. The van der Waals surface area contributed by atoms with Crippen LogP contribution in [0.1, 0.15) is 46.7 Å². The Morgan fingerprint density at radius 2 is 2.11 bits per heavy atom. The minimum Gasteiger partial charge on any atom is -0.378 e. The van der Waals surface area contributed by atoms with E-state index in [4.69, 9.17) is 4.98 Å². The smallest absolute Gasteiger partial charge is 0.254 e. The molecule has 1 fully saturated rings. The highest BCUT2D eigenvalue weighted by Crippen LogP contribution is 2.43. The van der Waals surface area contributed by atoms with Crippen LogP contribution in [-0.2, 0) is 11.8 Å².